The van der Waals surface area contributed by atoms with Gasteiger partial charge in [0.25, 0.3) is 0 Å². The monoisotopic (exact) mass is 442 g/mol. The highest BCUT2D eigenvalue weighted by molar-refractivity contribution is 6.31. The Balaban J connectivity index is 1.48. The zero-order valence-corrected chi connectivity index (χ0v) is 16.9. The van der Waals surface area contributed by atoms with E-state index in [1.54, 1.807) is 18.2 Å². The fourth-order valence-corrected chi connectivity index (χ4v) is 2.94. The fourth-order valence-electron chi connectivity index (χ4n) is 2.67. The molecule has 2 aromatic carbocycles. The molecule has 0 saturated heterocycles. The molecule has 0 aliphatic carbocycles. The van der Waals surface area contributed by atoms with Crippen LogP contribution in [-0.2, 0) is 13.0 Å². The number of carbonyl (C=O) groups excluding carboxylic acids is 1. The van der Waals surface area contributed by atoms with Gasteiger partial charge in [0, 0.05) is 28.9 Å². The molecule has 7 nitrogen and oxygen atoms in total. The minimum absolute atomic E-state index is 0.144. The van der Waals surface area contributed by atoms with Gasteiger partial charge in [0.15, 0.2) is 11.5 Å². The number of rotatable bonds is 7. The van der Waals surface area contributed by atoms with E-state index in [4.69, 9.17) is 16.9 Å². The van der Waals surface area contributed by atoms with Crippen LogP contribution >= 0.6 is 11.6 Å². The second-order valence-corrected chi connectivity index (χ2v) is 6.85. The summed E-state index contributed by atoms with van der Waals surface area (Å²) in [5.74, 6) is -1.01. The second kappa shape index (κ2) is 10.4. The van der Waals surface area contributed by atoms with Crippen LogP contribution < -0.4 is 16.0 Å². The van der Waals surface area contributed by atoms with Crippen molar-refractivity contribution >= 4 is 29.1 Å². The number of hydrogen-bond acceptors (Lipinski definition) is 5. The summed E-state index contributed by atoms with van der Waals surface area (Å²) < 4.78 is 26.6. The number of urea groups is 1. The van der Waals surface area contributed by atoms with Gasteiger partial charge in [-0.3, -0.25) is 5.32 Å². The first-order chi connectivity index (χ1) is 14.9. The van der Waals surface area contributed by atoms with Gasteiger partial charge in [-0.15, -0.1) is 0 Å². The van der Waals surface area contributed by atoms with E-state index in [-0.39, 0.29) is 18.1 Å². The lowest BCUT2D eigenvalue weighted by Crippen LogP contribution is -2.20. The minimum Gasteiger partial charge on any atom is -0.312 e. The highest BCUT2D eigenvalue weighted by Crippen LogP contribution is 2.21. The van der Waals surface area contributed by atoms with Crippen LogP contribution in [0.1, 0.15) is 16.8 Å². The lowest BCUT2D eigenvalue weighted by molar-refractivity contribution is 0.262. The van der Waals surface area contributed by atoms with Crippen molar-refractivity contribution in [2.45, 2.75) is 13.0 Å². The number of halogens is 3. The van der Waals surface area contributed by atoms with Crippen LogP contribution in [0.5, 0.6) is 0 Å². The molecule has 3 N–H and O–H groups in total. The number of nitrogens with zero attached hydrogens (tertiary/aromatic N) is 3. The topological polar surface area (TPSA) is 103 Å². The molecule has 0 atom stereocenters. The molecule has 0 unspecified atom stereocenters. The van der Waals surface area contributed by atoms with Gasteiger partial charge in [-0.25, -0.2) is 23.5 Å². The number of amides is 2. The molecule has 0 bridgehead atoms. The van der Waals surface area contributed by atoms with Crippen molar-refractivity contribution in [3.05, 3.63) is 82.3 Å². The van der Waals surface area contributed by atoms with Gasteiger partial charge >= 0.3 is 6.03 Å². The van der Waals surface area contributed by atoms with Crippen molar-refractivity contribution in [2.24, 2.45) is 0 Å². The molecule has 3 rings (SSSR count). The third kappa shape index (κ3) is 6.44. The second-order valence-electron chi connectivity index (χ2n) is 6.45. The quantitative estimate of drug-likeness (QED) is 0.474. The lowest BCUT2D eigenvalue weighted by Gasteiger charge is -2.10. The van der Waals surface area contributed by atoms with E-state index in [0.717, 1.165) is 11.6 Å². The van der Waals surface area contributed by atoms with Gasteiger partial charge in [-0.05, 0) is 36.7 Å². The van der Waals surface area contributed by atoms with Crippen molar-refractivity contribution in [2.75, 3.05) is 17.2 Å². The molecule has 0 fully saturated rings. The molecule has 0 saturated carbocycles. The predicted octanol–water partition coefficient (Wildman–Crippen LogP) is 4.26. The molecule has 0 radical (unpaired) electrons. The summed E-state index contributed by atoms with van der Waals surface area (Å²) in [5.41, 5.74) is 1.85. The maximum absolute atomic E-state index is 13.6. The molecule has 2 amide bonds. The van der Waals surface area contributed by atoms with Gasteiger partial charge in [0.2, 0.25) is 0 Å². The summed E-state index contributed by atoms with van der Waals surface area (Å²) in [4.78, 5) is 19.8. The molecule has 158 valence electrons. The summed E-state index contributed by atoms with van der Waals surface area (Å²) in [6.07, 6.45) is 3.10. The summed E-state index contributed by atoms with van der Waals surface area (Å²) in [6.45, 7) is 0.795. The number of carbonyl (C=O) groups is 1. The molecule has 0 aliphatic rings. The zero-order chi connectivity index (χ0) is 22.2. The molecular weight excluding hydrogens is 426 g/mol. The Morgan fingerprint density at radius 3 is 2.55 bits per heavy atom. The van der Waals surface area contributed by atoms with Crippen LogP contribution in [0.4, 0.5) is 25.1 Å². The first-order valence-electron chi connectivity index (χ1n) is 9.18. The van der Waals surface area contributed by atoms with Gasteiger partial charge in [-0.2, -0.15) is 5.26 Å². The largest absolute Gasteiger partial charge is 0.324 e. The van der Waals surface area contributed by atoms with E-state index in [1.807, 2.05) is 6.07 Å². The van der Waals surface area contributed by atoms with Crippen LogP contribution in [0.25, 0.3) is 0 Å². The van der Waals surface area contributed by atoms with Crippen LogP contribution in [0.2, 0.25) is 5.02 Å². The average molecular weight is 443 g/mol. The first-order valence-corrected chi connectivity index (χ1v) is 9.55. The Kier molecular flexibility index (Phi) is 7.43. The molecule has 10 heteroatoms. The fraction of sp³-hybridized carbons (Fsp3) is 0.143. The molecule has 0 aliphatic heterocycles. The predicted molar refractivity (Wildman–Crippen MR) is 113 cm³/mol. The van der Waals surface area contributed by atoms with Crippen LogP contribution in [0.3, 0.4) is 0 Å². The maximum atomic E-state index is 13.6. The Hall–Kier alpha value is -3.61. The Bertz CT molecular complexity index is 1120. The molecule has 3 aromatic rings. The smallest absolute Gasteiger partial charge is 0.312 e. The van der Waals surface area contributed by atoms with Gasteiger partial charge < -0.3 is 10.6 Å². The number of aromatic nitrogens is 2. The highest BCUT2D eigenvalue weighted by Gasteiger charge is 2.08. The van der Waals surface area contributed by atoms with Crippen LogP contribution in [0, 0.1) is 23.0 Å². The zero-order valence-electron chi connectivity index (χ0n) is 16.1. The first kappa shape index (κ1) is 22.1. The highest BCUT2D eigenvalue weighted by atomic mass is 35.5. The summed E-state index contributed by atoms with van der Waals surface area (Å²) in [5, 5.41) is 17.4. The third-order valence-corrected chi connectivity index (χ3v) is 4.57. The summed E-state index contributed by atoms with van der Waals surface area (Å²) in [6, 6.07) is 9.86. The van der Waals surface area contributed by atoms with E-state index in [0.29, 0.717) is 29.2 Å². The van der Waals surface area contributed by atoms with E-state index < -0.39 is 17.7 Å². The summed E-state index contributed by atoms with van der Waals surface area (Å²) >= 11 is 6.29. The van der Waals surface area contributed by atoms with Crippen molar-refractivity contribution in [3.63, 3.8) is 0 Å². The van der Waals surface area contributed by atoms with Crippen molar-refractivity contribution in [3.8, 4) is 6.07 Å². The van der Waals surface area contributed by atoms with Crippen molar-refractivity contribution in [1.82, 2.24) is 15.3 Å². The van der Waals surface area contributed by atoms with Crippen LogP contribution in [-0.4, -0.2) is 22.5 Å². The molecule has 0 spiro atoms. The van der Waals surface area contributed by atoms with Crippen molar-refractivity contribution < 1.29 is 13.6 Å². The van der Waals surface area contributed by atoms with Crippen LogP contribution in [0.15, 0.2) is 48.8 Å². The summed E-state index contributed by atoms with van der Waals surface area (Å²) in [7, 11) is 0. The SMILES string of the molecule is N#Cc1cnc(NC(=O)Nc2ccc(CCNCc3ccc(F)cc3F)c(Cl)c2)cn1. The number of anilines is 2. The molecule has 31 heavy (non-hydrogen) atoms. The normalized spacial score (nSPS) is 10.4. The molecule has 1 heterocycles. The van der Waals surface area contributed by atoms with Gasteiger partial charge in [-0.1, -0.05) is 23.7 Å². The van der Waals surface area contributed by atoms with Gasteiger partial charge in [0.1, 0.15) is 17.7 Å². The van der Waals surface area contributed by atoms with E-state index >= 15 is 0 Å². The number of hydrogen-bond donors (Lipinski definition) is 3. The number of benzene rings is 2. The van der Waals surface area contributed by atoms with E-state index in [9.17, 15) is 13.6 Å². The number of nitrogens with one attached hydrogen (secondary N) is 3. The Morgan fingerprint density at radius 1 is 1.06 bits per heavy atom. The standard InChI is InChI=1S/C21H17ClF2N6O/c22-18-8-16(29-21(31)30-20-12-27-17(9-25)11-28-20)4-2-13(18)5-6-26-10-14-1-3-15(23)7-19(14)24/h1-4,7-8,11-12,26H,5-6,10H2,(H2,28,29,30,31). The van der Waals surface area contributed by atoms with Gasteiger partial charge in [0.05, 0.1) is 12.4 Å². The maximum Gasteiger partial charge on any atom is 0.324 e. The van der Waals surface area contributed by atoms with Crippen molar-refractivity contribution in [1.29, 1.82) is 5.26 Å². The lowest BCUT2D eigenvalue weighted by atomic mass is 10.1. The minimum atomic E-state index is -0.611. The Morgan fingerprint density at radius 2 is 1.87 bits per heavy atom. The van der Waals surface area contributed by atoms with E-state index in [2.05, 4.69) is 25.9 Å². The third-order valence-electron chi connectivity index (χ3n) is 4.22. The average Bonchev–Trinajstić information content (AvgIpc) is 2.74. The molecule has 1 aromatic heterocycles. The molecular formula is C21H17ClF2N6O. The number of nitriles is 1. The van der Waals surface area contributed by atoms with E-state index in [1.165, 1.54) is 24.5 Å². The Labute approximate surface area is 182 Å².